The standard InChI is InChI=1S/C18H15NO3/c1-12-6-8-13(9-7-12)16(20)10-11-19-17(21)14-4-2-3-5-15(14)18(19)22/h2-9H,10-11H2,1H3. The predicted octanol–water partition coefficient (Wildman–Crippen LogP) is 2.86. The third-order valence-corrected chi connectivity index (χ3v) is 3.81. The first-order chi connectivity index (χ1) is 10.6. The molecule has 22 heavy (non-hydrogen) atoms. The molecule has 4 nitrogen and oxygen atoms in total. The molecule has 0 bridgehead atoms. The summed E-state index contributed by atoms with van der Waals surface area (Å²) < 4.78 is 0. The molecular formula is C18H15NO3. The van der Waals surface area contributed by atoms with Crippen LogP contribution in [-0.2, 0) is 0 Å². The molecule has 0 unspecified atom stereocenters. The Labute approximate surface area is 128 Å². The van der Waals surface area contributed by atoms with Crippen LogP contribution in [0.3, 0.4) is 0 Å². The zero-order valence-electron chi connectivity index (χ0n) is 12.2. The molecule has 1 aliphatic rings. The second-order valence-electron chi connectivity index (χ2n) is 5.35. The summed E-state index contributed by atoms with van der Waals surface area (Å²) in [4.78, 5) is 37.7. The van der Waals surface area contributed by atoms with Gasteiger partial charge in [0, 0.05) is 18.5 Å². The lowest BCUT2D eigenvalue weighted by Gasteiger charge is -2.13. The molecule has 1 heterocycles. The van der Waals surface area contributed by atoms with Gasteiger partial charge in [0.25, 0.3) is 11.8 Å². The number of hydrogen-bond donors (Lipinski definition) is 0. The second-order valence-corrected chi connectivity index (χ2v) is 5.35. The lowest BCUT2D eigenvalue weighted by atomic mass is 10.1. The van der Waals surface area contributed by atoms with E-state index in [0.717, 1.165) is 10.5 Å². The number of carbonyl (C=O) groups excluding carboxylic acids is 3. The Morgan fingerprint density at radius 3 is 2.00 bits per heavy atom. The fraction of sp³-hybridized carbons (Fsp3) is 0.167. The molecule has 0 fully saturated rings. The maximum Gasteiger partial charge on any atom is 0.261 e. The molecule has 2 amide bonds. The van der Waals surface area contributed by atoms with Crippen molar-refractivity contribution < 1.29 is 14.4 Å². The molecule has 0 aliphatic carbocycles. The number of ketones is 1. The summed E-state index contributed by atoms with van der Waals surface area (Å²) in [6, 6.07) is 14.0. The van der Waals surface area contributed by atoms with Gasteiger partial charge in [0.2, 0.25) is 0 Å². The van der Waals surface area contributed by atoms with Crippen LogP contribution >= 0.6 is 0 Å². The molecular weight excluding hydrogens is 278 g/mol. The van der Waals surface area contributed by atoms with Gasteiger partial charge in [-0.2, -0.15) is 0 Å². The number of amides is 2. The number of nitrogens with zero attached hydrogens (tertiary/aromatic N) is 1. The summed E-state index contributed by atoms with van der Waals surface area (Å²) in [5.41, 5.74) is 2.50. The fourth-order valence-corrected chi connectivity index (χ4v) is 2.54. The van der Waals surface area contributed by atoms with E-state index in [9.17, 15) is 14.4 Å². The van der Waals surface area contributed by atoms with Crippen molar-refractivity contribution in [3.63, 3.8) is 0 Å². The molecule has 1 aliphatic heterocycles. The van der Waals surface area contributed by atoms with Gasteiger partial charge in [0.05, 0.1) is 11.1 Å². The van der Waals surface area contributed by atoms with Crippen molar-refractivity contribution in [2.24, 2.45) is 0 Å². The Kier molecular flexibility index (Phi) is 3.59. The van der Waals surface area contributed by atoms with Gasteiger partial charge >= 0.3 is 0 Å². The van der Waals surface area contributed by atoms with Crippen molar-refractivity contribution in [2.75, 3.05) is 6.54 Å². The maximum atomic E-state index is 12.2. The highest BCUT2D eigenvalue weighted by molar-refractivity contribution is 6.21. The monoisotopic (exact) mass is 293 g/mol. The first-order valence-electron chi connectivity index (χ1n) is 7.13. The summed E-state index contributed by atoms with van der Waals surface area (Å²) in [5, 5.41) is 0. The molecule has 0 radical (unpaired) electrons. The molecule has 2 aromatic rings. The number of Topliss-reactive ketones (excluding diaryl/α,β-unsaturated/α-hetero) is 1. The summed E-state index contributed by atoms with van der Waals surface area (Å²) in [7, 11) is 0. The van der Waals surface area contributed by atoms with Gasteiger partial charge in [-0.15, -0.1) is 0 Å². The van der Waals surface area contributed by atoms with E-state index < -0.39 is 0 Å². The van der Waals surface area contributed by atoms with E-state index in [2.05, 4.69) is 0 Å². The molecule has 110 valence electrons. The van der Waals surface area contributed by atoms with Crippen molar-refractivity contribution in [1.29, 1.82) is 0 Å². The Bertz CT molecular complexity index is 727. The Morgan fingerprint density at radius 2 is 1.45 bits per heavy atom. The average molecular weight is 293 g/mol. The minimum Gasteiger partial charge on any atom is -0.294 e. The topological polar surface area (TPSA) is 54.5 Å². The lowest BCUT2D eigenvalue weighted by molar-refractivity contribution is 0.0649. The molecule has 2 aromatic carbocycles. The van der Waals surface area contributed by atoms with Gasteiger partial charge in [-0.05, 0) is 19.1 Å². The summed E-state index contributed by atoms with van der Waals surface area (Å²) >= 11 is 0. The van der Waals surface area contributed by atoms with Crippen LogP contribution in [0.4, 0.5) is 0 Å². The molecule has 0 N–H and O–H groups in total. The number of hydrogen-bond acceptors (Lipinski definition) is 3. The van der Waals surface area contributed by atoms with Crippen LogP contribution in [-0.4, -0.2) is 29.0 Å². The highest BCUT2D eigenvalue weighted by Crippen LogP contribution is 2.22. The van der Waals surface area contributed by atoms with Crippen molar-refractivity contribution in [2.45, 2.75) is 13.3 Å². The van der Waals surface area contributed by atoms with E-state index >= 15 is 0 Å². The second kappa shape index (κ2) is 5.56. The van der Waals surface area contributed by atoms with Crippen LogP contribution in [0.15, 0.2) is 48.5 Å². The normalized spacial score (nSPS) is 13.4. The summed E-state index contributed by atoms with van der Waals surface area (Å²) in [6.07, 6.45) is 0.133. The van der Waals surface area contributed by atoms with Gasteiger partial charge in [-0.1, -0.05) is 42.0 Å². The zero-order chi connectivity index (χ0) is 15.7. The Hall–Kier alpha value is -2.75. The number of carbonyl (C=O) groups is 3. The van der Waals surface area contributed by atoms with Crippen LogP contribution in [0.25, 0.3) is 0 Å². The largest absolute Gasteiger partial charge is 0.294 e. The van der Waals surface area contributed by atoms with Crippen molar-refractivity contribution in [1.82, 2.24) is 4.90 Å². The van der Waals surface area contributed by atoms with Crippen molar-refractivity contribution in [3.05, 3.63) is 70.8 Å². The van der Waals surface area contributed by atoms with Crippen LogP contribution in [0.5, 0.6) is 0 Å². The lowest BCUT2D eigenvalue weighted by Crippen LogP contribution is -2.31. The number of fused-ring (bicyclic) bond motifs is 1. The van der Waals surface area contributed by atoms with Gasteiger partial charge in [0.15, 0.2) is 5.78 Å². The van der Waals surface area contributed by atoms with E-state index in [1.165, 1.54) is 0 Å². The smallest absolute Gasteiger partial charge is 0.261 e. The van der Waals surface area contributed by atoms with Gasteiger partial charge in [0.1, 0.15) is 0 Å². The molecule has 3 rings (SSSR count). The van der Waals surface area contributed by atoms with Crippen LogP contribution in [0, 0.1) is 6.92 Å². The van der Waals surface area contributed by atoms with E-state index in [4.69, 9.17) is 0 Å². The van der Waals surface area contributed by atoms with Gasteiger partial charge in [-0.3, -0.25) is 19.3 Å². The Balaban J connectivity index is 1.70. The van der Waals surface area contributed by atoms with E-state index in [1.807, 2.05) is 19.1 Å². The first-order valence-corrected chi connectivity index (χ1v) is 7.13. The Morgan fingerprint density at radius 1 is 0.909 bits per heavy atom. The van der Waals surface area contributed by atoms with Gasteiger partial charge in [-0.25, -0.2) is 0 Å². The molecule has 0 spiro atoms. The average Bonchev–Trinajstić information content (AvgIpc) is 2.78. The molecule has 4 heteroatoms. The summed E-state index contributed by atoms with van der Waals surface area (Å²) in [6.45, 7) is 2.06. The maximum absolute atomic E-state index is 12.2. The fourth-order valence-electron chi connectivity index (χ4n) is 2.54. The van der Waals surface area contributed by atoms with Gasteiger partial charge < -0.3 is 0 Å². The van der Waals surface area contributed by atoms with Crippen LogP contribution in [0.1, 0.15) is 43.1 Å². The van der Waals surface area contributed by atoms with E-state index in [1.54, 1.807) is 36.4 Å². The SMILES string of the molecule is Cc1ccc(C(=O)CCN2C(=O)c3ccccc3C2=O)cc1. The van der Waals surface area contributed by atoms with E-state index in [0.29, 0.717) is 16.7 Å². The molecule has 0 saturated carbocycles. The first kappa shape index (κ1) is 14.2. The third kappa shape index (κ3) is 2.44. The zero-order valence-corrected chi connectivity index (χ0v) is 12.2. The minimum absolute atomic E-state index is 0.0726. The van der Waals surface area contributed by atoms with Crippen molar-refractivity contribution in [3.8, 4) is 0 Å². The summed E-state index contributed by atoms with van der Waals surface area (Å²) in [5.74, 6) is -0.717. The molecule has 0 saturated heterocycles. The minimum atomic E-state index is -0.322. The highest BCUT2D eigenvalue weighted by atomic mass is 16.2. The predicted molar refractivity (Wildman–Crippen MR) is 81.9 cm³/mol. The number of imide groups is 1. The number of rotatable bonds is 4. The van der Waals surface area contributed by atoms with Crippen molar-refractivity contribution >= 4 is 17.6 Å². The van der Waals surface area contributed by atoms with Crippen LogP contribution < -0.4 is 0 Å². The highest BCUT2D eigenvalue weighted by Gasteiger charge is 2.34. The number of aryl methyl sites for hydroxylation is 1. The molecule has 0 aromatic heterocycles. The van der Waals surface area contributed by atoms with E-state index in [-0.39, 0.29) is 30.6 Å². The third-order valence-electron chi connectivity index (χ3n) is 3.81. The number of benzene rings is 2. The quantitative estimate of drug-likeness (QED) is 0.643. The van der Waals surface area contributed by atoms with Crippen LogP contribution in [0.2, 0.25) is 0 Å². The molecule has 0 atom stereocenters.